The Labute approximate surface area is 195 Å². The number of aliphatic carboxylic acids is 2. The van der Waals surface area contributed by atoms with Crippen LogP contribution in [0.1, 0.15) is 117 Å². The zero-order valence-electron chi connectivity index (χ0n) is 16.7. The van der Waals surface area contributed by atoms with Gasteiger partial charge < -0.3 is 19.8 Å². The van der Waals surface area contributed by atoms with Gasteiger partial charge in [-0.25, -0.2) is 0 Å². The molecule has 4 nitrogen and oxygen atoms in total. The first-order valence-electron chi connectivity index (χ1n) is 9.88. The SMILES string of the molecule is CC(=O)[O-].CCCCCCCCCCCCCCCCCC(=O)[O-].[Ba+2]. The second kappa shape index (κ2) is 26.7. The number of rotatable bonds is 16. The molecule has 5 heteroatoms. The molecule has 144 valence electrons. The van der Waals surface area contributed by atoms with E-state index >= 15 is 0 Å². The first kappa shape index (κ1) is 30.2. The second-order valence-electron chi connectivity index (χ2n) is 6.56. The number of unbranched alkanes of at least 4 members (excludes halogenated alkanes) is 14. The molecule has 0 saturated carbocycles. The van der Waals surface area contributed by atoms with E-state index in [-0.39, 0.29) is 55.3 Å². The van der Waals surface area contributed by atoms with Crippen LogP contribution in [-0.4, -0.2) is 60.8 Å². The number of carboxylic acid groups (broad SMARTS) is 2. The van der Waals surface area contributed by atoms with Crippen molar-refractivity contribution in [1.29, 1.82) is 0 Å². The van der Waals surface area contributed by atoms with Crippen molar-refractivity contribution in [2.45, 2.75) is 117 Å². The van der Waals surface area contributed by atoms with E-state index in [9.17, 15) is 9.90 Å². The van der Waals surface area contributed by atoms with Crippen LogP contribution in [0.15, 0.2) is 0 Å². The number of carbonyl (C=O) groups is 2. The van der Waals surface area contributed by atoms with E-state index in [1.54, 1.807) is 0 Å². The van der Waals surface area contributed by atoms with Crippen LogP contribution in [0.25, 0.3) is 0 Å². The maximum absolute atomic E-state index is 10.2. The van der Waals surface area contributed by atoms with Crippen LogP contribution in [0, 0.1) is 0 Å². The molecule has 0 aromatic rings. The molecule has 25 heavy (non-hydrogen) atoms. The van der Waals surface area contributed by atoms with E-state index in [1.807, 2.05) is 0 Å². The first-order valence-corrected chi connectivity index (χ1v) is 9.88. The third kappa shape index (κ3) is 40.5. The topological polar surface area (TPSA) is 80.3 Å². The molecule has 0 radical (unpaired) electrons. The predicted octanol–water partition coefficient (Wildman–Crippen LogP) is 3.37. The third-order valence-electron chi connectivity index (χ3n) is 3.98. The van der Waals surface area contributed by atoms with Crippen molar-refractivity contribution >= 4 is 60.8 Å². The van der Waals surface area contributed by atoms with Crippen molar-refractivity contribution < 1.29 is 19.8 Å². The summed E-state index contributed by atoms with van der Waals surface area (Å²) in [6, 6.07) is 0. The van der Waals surface area contributed by atoms with Crippen molar-refractivity contribution in [3.8, 4) is 0 Å². The average molecular weight is 480 g/mol. The molecule has 0 aliphatic heterocycles. The largest absolute Gasteiger partial charge is 2.00 e. The van der Waals surface area contributed by atoms with E-state index in [0.717, 1.165) is 19.8 Å². The summed E-state index contributed by atoms with van der Waals surface area (Å²) >= 11 is 0. The molecule has 0 amide bonds. The van der Waals surface area contributed by atoms with Gasteiger partial charge in [-0.1, -0.05) is 96.8 Å². The minimum atomic E-state index is -1.08. The van der Waals surface area contributed by atoms with Gasteiger partial charge in [0.1, 0.15) is 0 Å². The number of hydrogen-bond acceptors (Lipinski definition) is 4. The standard InChI is InChI=1S/C18H36O2.C2H4O2.Ba/c1-2-3-4-5-6-7-8-9-10-11-12-13-14-15-16-17-18(19)20;1-2(3)4;/h2-17H2,1H3,(H,19,20);1H3,(H,3,4);/q;;+2/p-2. The molecule has 0 N–H and O–H groups in total. The molecule has 0 heterocycles. The fourth-order valence-corrected chi connectivity index (χ4v) is 2.64. The molecule has 0 bridgehead atoms. The minimum Gasteiger partial charge on any atom is -0.550 e. The predicted molar refractivity (Wildman–Crippen MR) is 101 cm³/mol. The molecule has 0 atom stereocenters. The van der Waals surface area contributed by atoms with E-state index in [1.165, 1.54) is 83.5 Å². The summed E-state index contributed by atoms with van der Waals surface area (Å²) in [5, 5.41) is 19.1. The molecule has 0 aliphatic rings. The van der Waals surface area contributed by atoms with Gasteiger partial charge in [0.15, 0.2) is 0 Å². The maximum Gasteiger partial charge on any atom is 2.00 e. The fourth-order valence-electron chi connectivity index (χ4n) is 2.64. The summed E-state index contributed by atoms with van der Waals surface area (Å²) in [5.41, 5.74) is 0. The monoisotopic (exact) mass is 480 g/mol. The van der Waals surface area contributed by atoms with E-state index < -0.39 is 11.9 Å². The Kier molecular flexibility index (Phi) is 32.3. The molecule has 0 aromatic heterocycles. The summed E-state index contributed by atoms with van der Waals surface area (Å²) in [6.45, 7) is 3.24. The number of carbonyl (C=O) groups excluding carboxylic acids is 2. The summed E-state index contributed by atoms with van der Waals surface area (Å²) in [5.74, 6) is -1.99. The van der Waals surface area contributed by atoms with Crippen LogP contribution < -0.4 is 10.2 Å². The van der Waals surface area contributed by atoms with Gasteiger partial charge in [0.25, 0.3) is 0 Å². The van der Waals surface area contributed by atoms with Crippen molar-refractivity contribution in [3.05, 3.63) is 0 Å². The molecule has 0 aromatic carbocycles. The minimum absolute atomic E-state index is 0. The zero-order valence-corrected chi connectivity index (χ0v) is 21.1. The van der Waals surface area contributed by atoms with E-state index in [0.29, 0.717) is 0 Å². The van der Waals surface area contributed by atoms with Crippen LogP contribution in [0.4, 0.5) is 0 Å². The van der Waals surface area contributed by atoms with Gasteiger partial charge in [-0.3, -0.25) is 0 Å². The Balaban J connectivity index is -0.000000867. The third-order valence-corrected chi connectivity index (χ3v) is 3.98. The van der Waals surface area contributed by atoms with Crippen LogP contribution in [-0.2, 0) is 9.59 Å². The molecule has 0 saturated heterocycles. The molecule has 0 unspecified atom stereocenters. The quantitative estimate of drug-likeness (QED) is 0.251. The Morgan fingerprint density at radius 1 is 0.600 bits per heavy atom. The van der Waals surface area contributed by atoms with Crippen LogP contribution in [0.5, 0.6) is 0 Å². The average Bonchev–Trinajstić information content (AvgIpc) is 2.50. The van der Waals surface area contributed by atoms with Gasteiger partial charge in [0.05, 0.1) is 0 Å². The summed E-state index contributed by atoms with van der Waals surface area (Å²) < 4.78 is 0. The van der Waals surface area contributed by atoms with Crippen molar-refractivity contribution in [2.24, 2.45) is 0 Å². The van der Waals surface area contributed by atoms with Gasteiger partial charge in [0.2, 0.25) is 0 Å². The molecule has 0 rings (SSSR count). The van der Waals surface area contributed by atoms with Gasteiger partial charge in [0, 0.05) is 11.9 Å². The van der Waals surface area contributed by atoms with Crippen molar-refractivity contribution in [2.75, 3.05) is 0 Å². The Hall–Kier alpha value is 0.511. The van der Waals surface area contributed by atoms with E-state index in [2.05, 4.69) is 6.92 Å². The van der Waals surface area contributed by atoms with Crippen molar-refractivity contribution in [1.82, 2.24) is 0 Å². The summed E-state index contributed by atoms with van der Waals surface area (Å²) in [7, 11) is 0. The van der Waals surface area contributed by atoms with Crippen molar-refractivity contribution in [3.63, 3.8) is 0 Å². The van der Waals surface area contributed by atoms with E-state index in [4.69, 9.17) is 9.90 Å². The molecule has 0 aliphatic carbocycles. The van der Waals surface area contributed by atoms with Gasteiger partial charge in [-0.2, -0.15) is 0 Å². The fraction of sp³-hybridized carbons (Fsp3) is 0.900. The number of carboxylic acids is 2. The number of hydrogen-bond donors (Lipinski definition) is 0. The molecule has 0 fully saturated rings. The van der Waals surface area contributed by atoms with Crippen LogP contribution >= 0.6 is 0 Å². The second-order valence-corrected chi connectivity index (χ2v) is 6.56. The first-order chi connectivity index (χ1) is 11.5. The summed E-state index contributed by atoms with van der Waals surface area (Å²) in [6.07, 6.45) is 19.9. The molecular weight excluding hydrogens is 442 g/mol. The van der Waals surface area contributed by atoms with Crippen LogP contribution in [0.3, 0.4) is 0 Å². The van der Waals surface area contributed by atoms with Gasteiger partial charge in [-0.05, 0) is 19.8 Å². The Bertz CT molecular complexity index is 279. The van der Waals surface area contributed by atoms with Crippen LogP contribution in [0.2, 0.25) is 0 Å². The molecular formula is C20H38BaO4. The smallest absolute Gasteiger partial charge is 0.550 e. The normalized spacial score (nSPS) is 9.68. The Morgan fingerprint density at radius 2 is 0.840 bits per heavy atom. The Morgan fingerprint density at radius 3 is 1.08 bits per heavy atom. The zero-order chi connectivity index (χ0) is 18.5. The molecule has 0 spiro atoms. The van der Waals surface area contributed by atoms with Gasteiger partial charge >= 0.3 is 48.9 Å². The van der Waals surface area contributed by atoms with Gasteiger partial charge in [-0.15, -0.1) is 0 Å². The maximum atomic E-state index is 10.2. The summed E-state index contributed by atoms with van der Waals surface area (Å²) in [4.78, 5) is 19.1.